The van der Waals surface area contributed by atoms with E-state index in [1.807, 2.05) is 12.3 Å². The van der Waals surface area contributed by atoms with Gasteiger partial charge >= 0.3 is 0 Å². The van der Waals surface area contributed by atoms with Crippen LogP contribution in [0.4, 0.5) is 8.78 Å². The number of nitrogens with one attached hydrogen (secondary N) is 1. The Morgan fingerprint density at radius 2 is 2.12 bits per heavy atom. The van der Waals surface area contributed by atoms with Gasteiger partial charge in [0.1, 0.15) is 5.01 Å². The van der Waals surface area contributed by atoms with Gasteiger partial charge in [-0.25, -0.2) is 13.8 Å². The summed E-state index contributed by atoms with van der Waals surface area (Å²) < 4.78 is 26.9. The highest BCUT2D eigenvalue weighted by Gasteiger charge is 2.20. The van der Waals surface area contributed by atoms with E-state index in [4.69, 9.17) is 0 Å². The van der Waals surface area contributed by atoms with E-state index >= 15 is 0 Å². The second kappa shape index (κ2) is 4.89. The molecule has 0 spiro atoms. The lowest BCUT2D eigenvalue weighted by Gasteiger charge is -2.14. The van der Waals surface area contributed by atoms with Gasteiger partial charge < -0.3 is 5.32 Å². The van der Waals surface area contributed by atoms with Gasteiger partial charge in [-0.3, -0.25) is 0 Å². The maximum atomic E-state index is 13.7. The number of hydrogen-bond donors (Lipinski definition) is 1. The van der Waals surface area contributed by atoms with Gasteiger partial charge in [0.25, 0.3) is 0 Å². The van der Waals surface area contributed by atoms with Crippen molar-refractivity contribution in [2.45, 2.75) is 13.0 Å². The molecule has 1 aromatic heterocycles. The summed E-state index contributed by atoms with van der Waals surface area (Å²) in [6.07, 6.45) is 0. The Kier molecular flexibility index (Phi) is 3.49. The van der Waals surface area contributed by atoms with Gasteiger partial charge in [0, 0.05) is 16.6 Å². The van der Waals surface area contributed by atoms with Crippen LogP contribution in [0.1, 0.15) is 22.3 Å². The molecule has 1 unspecified atom stereocenters. The predicted octanol–water partition coefficient (Wildman–Crippen LogP) is 3.04. The first-order valence-corrected chi connectivity index (χ1v) is 6.04. The number of hydrogen-bond acceptors (Lipinski definition) is 3. The molecule has 1 aromatic carbocycles. The molecule has 0 aliphatic heterocycles. The molecule has 0 saturated heterocycles. The van der Waals surface area contributed by atoms with E-state index in [1.54, 1.807) is 13.1 Å². The lowest BCUT2D eigenvalue weighted by Crippen LogP contribution is -2.19. The first kappa shape index (κ1) is 12.1. The molecule has 1 N–H and O–H groups in total. The highest BCUT2D eigenvalue weighted by Crippen LogP contribution is 2.27. The summed E-state index contributed by atoms with van der Waals surface area (Å²) in [7, 11) is 1.70. The molecule has 1 atom stereocenters. The first-order valence-electron chi connectivity index (χ1n) is 5.16. The van der Waals surface area contributed by atoms with Crippen molar-refractivity contribution in [1.29, 1.82) is 0 Å². The third-order valence-corrected chi connectivity index (χ3v) is 3.49. The van der Waals surface area contributed by atoms with Crippen LogP contribution in [0.15, 0.2) is 23.6 Å². The lowest BCUT2D eigenvalue weighted by atomic mass is 10.1. The summed E-state index contributed by atoms with van der Waals surface area (Å²) in [6, 6.07) is 3.76. The van der Waals surface area contributed by atoms with Crippen LogP contribution in [0, 0.1) is 18.6 Å². The Morgan fingerprint density at radius 1 is 1.35 bits per heavy atom. The minimum absolute atomic E-state index is 0.279. The molecule has 0 fully saturated rings. The van der Waals surface area contributed by atoms with E-state index < -0.39 is 17.7 Å². The molecule has 0 amide bonds. The van der Waals surface area contributed by atoms with Crippen molar-refractivity contribution in [3.8, 4) is 0 Å². The topological polar surface area (TPSA) is 24.9 Å². The van der Waals surface area contributed by atoms with Crippen molar-refractivity contribution in [1.82, 2.24) is 10.3 Å². The van der Waals surface area contributed by atoms with E-state index in [0.717, 1.165) is 16.8 Å². The molecule has 2 nitrogen and oxygen atoms in total. The van der Waals surface area contributed by atoms with Gasteiger partial charge in [0.2, 0.25) is 0 Å². The van der Waals surface area contributed by atoms with Crippen molar-refractivity contribution in [2.75, 3.05) is 7.05 Å². The molecule has 17 heavy (non-hydrogen) atoms. The average Bonchev–Trinajstić information content (AvgIpc) is 2.72. The van der Waals surface area contributed by atoms with Crippen LogP contribution in [-0.4, -0.2) is 12.0 Å². The van der Waals surface area contributed by atoms with Crippen molar-refractivity contribution < 1.29 is 8.78 Å². The molecule has 0 aliphatic rings. The lowest BCUT2D eigenvalue weighted by molar-refractivity contribution is 0.487. The average molecular weight is 254 g/mol. The van der Waals surface area contributed by atoms with Crippen LogP contribution in [0.3, 0.4) is 0 Å². The normalized spacial score (nSPS) is 12.7. The highest BCUT2D eigenvalue weighted by atomic mass is 32.1. The molecule has 5 heteroatoms. The Balaban J connectivity index is 2.45. The summed E-state index contributed by atoms with van der Waals surface area (Å²) >= 11 is 1.43. The van der Waals surface area contributed by atoms with E-state index in [0.29, 0.717) is 0 Å². The van der Waals surface area contributed by atoms with Crippen molar-refractivity contribution in [3.63, 3.8) is 0 Å². The van der Waals surface area contributed by atoms with Gasteiger partial charge in [-0.2, -0.15) is 0 Å². The maximum Gasteiger partial charge on any atom is 0.164 e. The molecule has 90 valence electrons. The highest BCUT2D eigenvalue weighted by molar-refractivity contribution is 7.09. The first-order chi connectivity index (χ1) is 8.13. The van der Waals surface area contributed by atoms with Gasteiger partial charge in [0.05, 0.1) is 6.04 Å². The molecule has 2 rings (SSSR count). The molecular formula is C12H12F2N2S. The minimum Gasteiger partial charge on any atom is -0.307 e. The van der Waals surface area contributed by atoms with Crippen molar-refractivity contribution in [2.24, 2.45) is 0 Å². The van der Waals surface area contributed by atoms with Crippen LogP contribution in [0.2, 0.25) is 0 Å². The zero-order valence-electron chi connectivity index (χ0n) is 9.50. The van der Waals surface area contributed by atoms with E-state index in [2.05, 4.69) is 10.3 Å². The smallest absolute Gasteiger partial charge is 0.164 e. The minimum atomic E-state index is -0.837. The molecular weight excluding hydrogens is 242 g/mol. The van der Waals surface area contributed by atoms with Gasteiger partial charge in [-0.1, -0.05) is 12.1 Å². The van der Waals surface area contributed by atoms with Crippen LogP contribution in [0.25, 0.3) is 0 Å². The Hall–Kier alpha value is -1.33. The molecule has 1 heterocycles. The quantitative estimate of drug-likeness (QED) is 0.910. The number of thiazole rings is 1. The van der Waals surface area contributed by atoms with E-state index in [-0.39, 0.29) is 5.56 Å². The van der Waals surface area contributed by atoms with Crippen LogP contribution >= 0.6 is 11.3 Å². The van der Waals surface area contributed by atoms with Gasteiger partial charge in [0.15, 0.2) is 11.6 Å². The number of aryl methyl sites for hydroxylation is 1. The van der Waals surface area contributed by atoms with Gasteiger partial charge in [-0.05, 0) is 20.0 Å². The van der Waals surface area contributed by atoms with Crippen molar-refractivity contribution in [3.05, 3.63) is 51.5 Å². The summed E-state index contributed by atoms with van der Waals surface area (Å²) in [5.74, 6) is -1.66. The summed E-state index contributed by atoms with van der Waals surface area (Å²) in [5, 5.41) is 5.57. The maximum absolute atomic E-state index is 13.7. The standard InChI is InChI=1S/C12H12F2N2S/c1-7-6-17-12(16-7)11(15-2)8-4-3-5-9(13)10(8)14/h3-6,11,15H,1-2H3. The van der Waals surface area contributed by atoms with Crippen molar-refractivity contribution >= 4 is 11.3 Å². The van der Waals surface area contributed by atoms with Gasteiger partial charge in [-0.15, -0.1) is 11.3 Å². The summed E-state index contributed by atoms with van der Waals surface area (Å²) in [5.41, 5.74) is 1.16. The third-order valence-electron chi connectivity index (χ3n) is 2.46. The largest absolute Gasteiger partial charge is 0.307 e. The number of benzene rings is 1. The zero-order valence-corrected chi connectivity index (χ0v) is 10.3. The SMILES string of the molecule is CNC(c1nc(C)cs1)c1cccc(F)c1F. The summed E-state index contributed by atoms with van der Waals surface area (Å²) in [6.45, 7) is 1.87. The fourth-order valence-corrected chi connectivity index (χ4v) is 2.58. The number of nitrogens with zero attached hydrogens (tertiary/aromatic N) is 1. The number of aromatic nitrogens is 1. The zero-order chi connectivity index (χ0) is 12.4. The molecule has 0 aliphatic carbocycles. The molecule has 0 radical (unpaired) electrons. The number of rotatable bonds is 3. The Bertz CT molecular complexity index is 525. The Labute approximate surface area is 102 Å². The summed E-state index contributed by atoms with van der Waals surface area (Å²) in [4.78, 5) is 4.30. The van der Waals surface area contributed by atoms with Crippen LogP contribution < -0.4 is 5.32 Å². The molecule has 0 saturated carbocycles. The monoisotopic (exact) mass is 254 g/mol. The third kappa shape index (κ3) is 2.35. The Morgan fingerprint density at radius 3 is 2.71 bits per heavy atom. The van der Waals surface area contributed by atoms with Crippen LogP contribution in [-0.2, 0) is 0 Å². The predicted molar refractivity (Wildman–Crippen MR) is 64.1 cm³/mol. The second-order valence-corrected chi connectivity index (χ2v) is 4.58. The second-order valence-electron chi connectivity index (χ2n) is 3.69. The molecule has 2 aromatic rings. The fraction of sp³-hybridized carbons (Fsp3) is 0.250. The van der Waals surface area contributed by atoms with Crippen LogP contribution in [0.5, 0.6) is 0 Å². The fourth-order valence-electron chi connectivity index (χ4n) is 1.66. The number of halogens is 2. The molecule has 0 bridgehead atoms. The van der Waals surface area contributed by atoms with E-state index in [9.17, 15) is 8.78 Å². The van der Waals surface area contributed by atoms with E-state index in [1.165, 1.54) is 17.4 Å².